The van der Waals surface area contributed by atoms with Crippen molar-refractivity contribution in [2.24, 2.45) is 0 Å². The van der Waals surface area contributed by atoms with Gasteiger partial charge in [0.1, 0.15) is 11.5 Å². The minimum atomic E-state index is -3.12. The van der Waals surface area contributed by atoms with Crippen LogP contribution in [0.3, 0.4) is 0 Å². The standard InChI is InChI=1S/C7H5F4NO/c8-4-1-3(6(9)10)7(11)12-5(4)2-13/h1,6,13H,2H2. The molecule has 0 amide bonds. The Morgan fingerprint density at radius 3 is 2.46 bits per heavy atom. The van der Waals surface area contributed by atoms with E-state index in [0.29, 0.717) is 6.07 Å². The zero-order valence-electron chi connectivity index (χ0n) is 6.27. The molecule has 0 unspecified atom stereocenters. The molecule has 1 heterocycles. The van der Waals surface area contributed by atoms with Gasteiger partial charge < -0.3 is 5.11 Å². The van der Waals surface area contributed by atoms with Crippen LogP contribution >= 0.6 is 0 Å². The molecule has 1 aromatic heterocycles. The van der Waals surface area contributed by atoms with E-state index in [1.54, 1.807) is 0 Å². The Bertz CT molecular complexity index is 316. The first-order valence-corrected chi connectivity index (χ1v) is 3.30. The van der Waals surface area contributed by atoms with Gasteiger partial charge in [-0.3, -0.25) is 0 Å². The SMILES string of the molecule is OCc1nc(F)c(C(F)F)cc1F. The van der Waals surface area contributed by atoms with Crippen molar-refractivity contribution < 1.29 is 22.7 Å². The minimum Gasteiger partial charge on any atom is -0.390 e. The van der Waals surface area contributed by atoms with Crippen LogP contribution in [0.1, 0.15) is 17.7 Å². The quantitative estimate of drug-likeness (QED) is 0.576. The lowest BCUT2D eigenvalue weighted by atomic mass is 10.2. The van der Waals surface area contributed by atoms with Crippen LogP contribution in [-0.2, 0) is 6.61 Å². The fourth-order valence-electron chi connectivity index (χ4n) is 0.780. The molecule has 0 aliphatic heterocycles. The van der Waals surface area contributed by atoms with Gasteiger partial charge in [-0.05, 0) is 6.07 Å². The van der Waals surface area contributed by atoms with Crippen LogP contribution in [0.2, 0.25) is 0 Å². The summed E-state index contributed by atoms with van der Waals surface area (Å²) in [6.45, 7) is -0.827. The molecule has 0 radical (unpaired) electrons. The molecule has 0 atom stereocenters. The monoisotopic (exact) mass is 195 g/mol. The van der Waals surface area contributed by atoms with Crippen LogP contribution in [0, 0.1) is 11.8 Å². The Morgan fingerprint density at radius 1 is 1.38 bits per heavy atom. The second kappa shape index (κ2) is 3.69. The van der Waals surface area contributed by atoms with Crippen molar-refractivity contribution >= 4 is 0 Å². The topological polar surface area (TPSA) is 33.1 Å². The van der Waals surface area contributed by atoms with E-state index in [1.807, 2.05) is 0 Å². The summed E-state index contributed by atoms with van der Waals surface area (Å²) >= 11 is 0. The highest BCUT2D eigenvalue weighted by Gasteiger charge is 2.18. The number of aliphatic hydroxyl groups is 1. The number of pyridine rings is 1. The minimum absolute atomic E-state index is 0.332. The van der Waals surface area contributed by atoms with E-state index in [0.717, 1.165) is 0 Å². The van der Waals surface area contributed by atoms with E-state index in [9.17, 15) is 17.6 Å². The van der Waals surface area contributed by atoms with Gasteiger partial charge in [0.25, 0.3) is 6.43 Å². The van der Waals surface area contributed by atoms with E-state index < -0.39 is 36.1 Å². The second-order valence-corrected chi connectivity index (χ2v) is 2.26. The summed E-state index contributed by atoms with van der Waals surface area (Å²) in [5.41, 5.74) is -1.68. The zero-order valence-corrected chi connectivity index (χ0v) is 6.27. The van der Waals surface area contributed by atoms with Gasteiger partial charge in [-0.15, -0.1) is 0 Å². The molecule has 0 spiro atoms. The summed E-state index contributed by atoms with van der Waals surface area (Å²) in [6, 6.07) is 0.332. The summed E-state index contributed by atoms with van der Waals surface area (Å²) in [5.74, 6) is -2.60. The fourth-order valence-corrected chi connectivity index (χ4v) is 0.780. The van der Waals surface area contributed by atoms with Gasteiger partial charge in [0.05, 0.1) is 12.2 Å². The number of hydrogen-bond donors (Lipinski definition) is 1. The molecule has 1 N–H and O–H groups in total. The Balaban J connectivity index is 3.20. The van der Waals surface area contributed by atoms with E-state index >= 15 is 0 Å². The van der Waals surface area contributed by atoms with Crippen LogP contribution in [0.25, 0.3) is 0 Å². The van der Waals surface area contributed by atoms with E-state index in [1.165, 1.54) is 0 Å². The van der Waals surface area contributed by atoms with Crippen LogP contribution in [0.5, 0.6) is 0 Å². The number of nitrogens with zero attached hydrogens (tertiary/aromatic N) is 1. The van der Waals surface area contributed by atoms with Crippen LogP contribution in [0.15, 0.2) is 6.07 Å². The molecule has 6 heteroatoms. The van der Waals surface area contributed by atoms with Crippen LogP contribution in [-0.4, -0.2) is 10.1 Å². The number of halogens is 4. The number of rotatable bonds is 2. The third-order valence-corrected chi connectivity index (χ3v) is 1.41. The Labute approximate surface area is 70.8 Å². The molecule has 0 saturated carbocycles. The Kier molecular flexibility index (Phi) is 2.82. The molecule has 13 heavy (non-hydrogen) atoms. The average Bonchev–Trinajstić information content (AvgIpc) is 2.07. The molecular weight excluding hydrogens is 190 g/mol. The van der Waals surface area contributed by atoms with Crippen molar-refractivity contribution in [3.05, 3.63) is 29.1 Å². The maximum absolute atomic E-state index is 12.7. The van der Waals surface area contributed by atoms with Crippen LogP contribution in [0.4, 0.5) is 17.6 Å². The van der Waals surface area contributed by atoms with Crippen molar-refractivity contribution in [3.63, 3.8) is 0 Å². The van der Waals surface area contributed by atoms with Gasteiger partial charge in [0, 0.05) is 0 Å². The lowest BCUT2D eigenvalue weighted by Gasteiger charge is -2.03. The average molecular weight is 195 g/mol. The van der Waals surface area contributed by atoms with Crippen molar-refractivity contribution in [3.8, 4) is 0 Å². The molecular formula is C7H5F4NO. The Hall–Kier alpha value is -1.17. The number of aromatic nitrogens is 1. The molecule has 0 aliphatic carbocycles. The summed E-state index contributed by atoms with van der Waals surface area (Å²) < 4.78 is 49.1. The number of alkyl halides is 2. The maximum atomic E-state index is 12.7. The van der Waals surface area contributed by atoms with Gasteiger partial charge in [0.2, 0.25) is 5.95 Å². The highest BCUT2D eigenvalue weighted by atomic mass is 19.3. The van der Waals surface area contributed by atoms with Gasteiger partial charge in [-0.2, -0.15) is 4.39 Å². The summed E-state index contributed by atoms with van der Waals surface area (Å²) in [4.78, 5) is 2.84. The largest absolute Gasteiger partial charge is 0.390 e. The number of hydrogen-bond acceptors (Lipinski definition) is 2. The van der Waals surface area contributed by atoms with E-state index in [2.05, 4.69) is 4.98 Å². The molecule has 1 rings (SSSR count). The van der Waals surface area contributed by atoms with Crippen molar-refractivity contribution in [2.45, 2.75) is 13.0 Å². The Morgan fingerprint density at radius 2 is 2.00 bits per heavy atom. The van der Waals surface area contributed by atoms with Gasteiger partial charge in [0.15, 0.2) is 0 Å². The third-order valence-electron chi connectivity index (χ3n) is 1.41. The van der Waals surface area contributed by atoms with E-state index in [-0.39, 0.29) is 0 Å². The van der Waals surface area contributed by atoms with Gasteiger partial charge in [-0.25, -0.2) is 18.2 Å². The van der Waals surface area contributed by atoms with Crippen molar-refractivity contribution in [2.75, 3.05) is 0 Å². The summed E-state index contributed by atoms with van der Waals surface area (Å²) in [7, 11) is 0. The first-order valence-electron chi connectivity index (χ1n) is 3.30. The lowest BCUT2D eigenvalue weighted by molar-refractivity contribution is 0.144. The van der Waals surface area contributed by atoms with Crippen LogP contribution < -0.4 is 0 Å². The number of aliphatic hydroxyl groups excluding tert-OH is 1. The molecule has 2 nitrogen and oxygen atoms in total. The third kappa shape index (κ3) is 1.95. The molecule has 72 valence electrons. The predicted molar refractivity (Wildman–Crippen MR) is 35.0 cm³/mol. The predicted octanol–water partition coefficient (Wildman–Crippen LogP) is 1.79. The molecule has 0 saturated heterocycles. The summed E-state index contributed by atoms with van der Waals surface area (Å²) in [6.07, 6.45) is -3.12. The second-order valence-electron chi connectivity index (χ2n) is 2.26. The summed E-state index contributed by atoms with van der Waals surface area (Å²) in [5, 5.41) is 8.42. The first-order chi connectivity index (χ1) is 6.06. The molecule has 1 aromatic rings. The van der Waals surface area contributed by atoms with Crippen molar-refractivity contribution in [1.29, 1.82) is 0 Å². The normalized spacial score (nSPS) is 10.9. The van der Waals surface area contributed by atoms with E-state index in [4.69, 9.17) is 5.11 Å². The molecule has 0 fully saturated rings. The molecule has 0 bridgehead atoms. The highest BCUT2D eigenvalue weighted by Crippen LogP contribution is 2.22. The fraction of sp³-hybridized carbons (Fsp3) is 0.286. The van der Waals surface area contributed by atoms with Gasteiger partial charge in [-0.1, -0.05) is 0 Å². The highest BCUT2D eigenvalue weighted by molar-refractivity contribution is 5.18. The lowest BCUT2D eigenvalue weighted by Crippen LogP contribution is -2.02. The van der Waals surface area contributed by atoms with Gasteiger partial charge >= 0.3 is 0 Å². The molecule has 0 aromatic carbocycles. The first kappa shape index (κ1) is 9.91. The molecule has 0 aliphatic rings. The maximum Gasteiger partial charge on any atom is 0.268 e. The zero-order chi connectivity index (χ0) is 10.0. The van der Waals surface area contributed by atoms with Crippen molar-refractivity contribution in [1.82, 2.24) is 4.98 Å². The smallest absolute Gasteiger partial charge is 0.268 e.